The molecule has 2 aliphatic heterocycles. The zero-order valence-corrected chi connectivity index (χ0v) is 20.3. The van der Waals surface area contributed by atoms with E-state index in [9.17, 15) is 19.2 Å². The molecule has 0 bridgehead atoms. The van der Waals surface area contributed by atoms with Crippen LogP contribution in [0.2, 0.25) is 0 Å². The fourth-order valence-corrected chi connectivity index (χ4v) is 5.45. The first-order valence-corrected chi connectivity index (χ1v) is 11.6. The Morgan fingerprint density at radius 2 is 1.84 bits per heavy atom. The predicted molar refractivity (Wildman–Crippen MR) is 120 cm³/mol. The van der Waals surface area contributed by atoms with Gasteiger partial charge in [0.25, 0.3) is 0 Å². The van der Waals surface area contributed by atoms with Crippen molar-refractivity contribution in [1.82, 2.24) is 10.2 Å². The summed E-state index contributed by atoms with van der Waals surface area (Å²) in [5.74, 6) is -2.08. The second-order valence-corrected chi connectivity index (χ2v) is 11.8. The van der Waals surface area contributed by atoms with Crippen molar-refractivity contribution in [3.8, 4) is 0 Å². The molecule has 2 heterocycles. The number of esters is 2. The number of fused-ring (bicyclic) bond motifs is 1. The number of carbonyl (C=O) groups is 4. The Kier molecular flexibility index (Phi) is 7.54. The fourth-order valence-electron chi connectivity index (χ4n) is 3.61. The Morgan fingerprint density at radius 3 is 2.44 bits per heavy atom. The lowest BCUT2D eigenvalue weighted by atomic mass is 9.95. The molecule has 0 spiro atoms. The minimum absolute atomic E-state index is 0.113. The summed E-state index contributed by atoms with van der Waals surface area (Å²) in [5.41, 5.74) is 0.806. The molecule has 4 atom stereocenters. The highest BCUT2D eigenvalue weighted by atomic mass is 35.6. The summed E-state index contributed by atoms with van der Waals surface area (Å²) in [6.07, 6.45) is 0.113. The SMILES string of the molecule is CC(=O)OCC1(C)SC2C(NC(=O)Cc3ccccc3)C(=O)N2C1C(=O)OCC(Cl)(Cl)Cl. The van der Waals surface area contributed by atoms with Crippen LogP contribution in [0.5, 0.6) is 0 Å². The van der Waals surface area contributed by atoms with Gasteiger partial charge >= 0.3 is 11.9 Å². The number of thioether (sulfide) groups is 1. The summed E-state index contributed by atoms with van der Waals surface area (Å²) in [5, 5.41) is 2.20. The van der Waals surface area contributed by atoms with Crippen molar-refractivity contribution in [2.75, 3.05) is 13.2 Å². The largest absolute Gasteiger partial charge is 0.464 e. The zero-order valence-electron chi connectivity index (χ0n) is 17.2. The van der Waals surface area contributed by atoms with E-state index in [0.29, 0.717) is 0 Å². The van der Waals surface area contributed by atoms with Gasteiger partial charge in [0.15, 0.2) is 0 Å². The summed E-state index contributed by atoms with van der Waals surface area (Å²) in [6.45, 7) is 2.26. The third-order valence-corrected chi connectivity index (χ3v) is 6.96. The molecular weight excluding hydrogens is 503 g/mol. The standard InChI is InChI=1S/C20H21Cl3N2O6S/c1-11(26)30-9-19(2)15(18(29)31-10-20(21,22)23)25-16(28)14(17(25)32-19)24-13(27)8-12-6-4-3-5-7-12/h3-7,14-15,17H,8-10H2,1-2H3,(H,24,27). The van der Waals surface area contributed by atoms with Crippen LogP contribution < -0.4 is 5.32 Å². The van der Waals surface area contributed by atoms with Gasteiger partial charge in [0.1, 0.15) is 30.7 Å². The topological polar surface area (TPSA) is 102 Å². The van der Waals surface area contributed by atoms with Gasteiger partial charge in [0.05, 0.1) is 11.2 Å². The highest BCUT2D eigenvalue weighted by Gasteiger charge is 2.66. The number of alkyl halides is 3. The number of β-lactam (4-membered cyclic amide) rings is 1. The minimum atomic E-state index is -1.82. The van der Waals surface area contributed by atoms with Crippen molar-refractivity contribution in [3.63, 3.8) is 0 Å². The summed E-state index contributed by atoms with van der Waals surface area (Å²) in [7, 11) is 0. The van der Waals surface area contributed by atoms with Crippen molar-refractivity contribution in [2.45, 2.75) is 46.3 Å². The quantitative estimate of drug-likeness (QED) is 0.332. The number of ether oxygens (including phenoxy) is 2. The molecule has 0 saturated carbocycles. The summed E-state index contributed by atoms with van der Waals surface area (Å²) in [6, 6.07) is 7.20. The first kappa shape index (κ1) is 25.0. The van der Waals surface area contributed by atoms with Gasteiger partial charge in [-0.1, -0.05) is 65.1 Å². The van der Waals surface area contributed by atoms with E-state index in [4.69, 9.17) is 44.3 Å². The van der Waals surface area contributed by atoms with Gasteiger partial charge in [-0.2, -0.15) is 0 Å². The van der Waals surface area contributed by atoms with Gasteiger partial charge in [0, 0.05) is 6.92 Å². The van der Waals surface area contributed by atoms with E-state index in [1.165, 1.54) is 23.6 Å². The predicted octanol–water partition coefficient (Wildman–Crippen LogP) is 2.23. The van der Waals surface area contributed by atoms with Gasteiger partial charge in [0.2, 0.25) is 15.6 Å². The molecule has 1 aromatic carbocycles. The highest BCUT2D eigenvalue weighted by Crippen LogP contribution is 2.51. The van der Waals surface area contributed by atoms with E-state index in [0.717, 1.165) is 5.56 Å². The molecule has 32 heavy (non-hydrogen) atoms. The second kappa shape index (κ2) is 9.67. The van der Waals surface area contributed by atoms with Gasteiger partial charge < -0.3 is 19.7 Å². The maximum Gasteiger partial charge on any atom is 0.330 e. The number of nitrogens with zero attached hydrogens (tertiary/aromatic N) is 1. The van der Waals surface area contributed by atoms with Crippen LogP contribution in [0.15, 0.2) is 30.3 Å². The number of benzene rings is 1. The molecular formula is C20H21Cl3N2O6S. The molecule has 174 valence electrons. The lowest BCUT2D eigenvalue weighted by molar-refractivity contribution is -0.165. The normalized spacial score (nSPS) is 26.7. The highest BCUT2D eigenvalue weighted by molar-refractivity contribution is 8.01. The van der Waals surface area contributed by atoms with Crippen LogP contribution in [-0.4, -0.2) is 67.9 Å². The van der Waals surface area contributed by atoms with Crippen molar-refractivity contribution >= 4 is 70.3 Å². The van der Waals surface area contributed by atoms with Crippen LogP contribution in [0.3, 0.4) is 0 Å². The molecule has 3 rings (SSSR count). The Hall–Kier alpha value is -1.68. The van der Waals surface area contributed by atoms with E-state index in [1.807, 2.05) is 30.3 Å². The smallest absolute Gasteiger partial charge is 0.330 e. The summed E-state index contributed by atoms with van der Waals surface area (Å²) >= 11 is 18.2. The Bertz CT molecular complexity index is 912. The van der Waals surface area contributed by atoms with E-state index >= 15 is 0 Å². The van der Waals surface area contributed by atoms with Crippen molar-refractivity contribution in [3.05, 3.63) is 35.9 Å². The monoisotopic (exact) mass is 522 g/mol. The molecule has 2 fully saturated rings. The molecule has 1 aromatic rings. The molecule has 1 N–H and O–H groups in total. The number of carbonyl (C=O) groups excluding carboxylic acids is 4. The number of nitrogens with one attached hydrogen (secondary N) is 1. The Balaban J connectivity index is 1.73. The molecule has 12 heteroatoms. The first-order valence-electron chi connectivity index (χ1n) is 9.61. The van der Waals surface area contributed by atoms with Gasteiger partial charge in [-0.05, 0) is 12.5 Å². The van der Waals surface area contributed by atoms with Crippen molar-refractivity contribution < 1.29 is 28.7 Å². The second-order valence-electron chi connectivity index (χ2n) is 7.68. The molecule has 0 radical (unpaired) electrons. The zero-order chi connectivity index (χ0) is 23.7. The van der Waals surface area contributed by atoms with E-state index in [2.05, 4.69) is 5.32 Å². The maximum atomic E-state index is 12.9. The minimum Gasteiger partial charge on any atom is -0.464 e. The average molecular weight is 524 g/mol. The van der Waals surface area contributed by atoms with Crippen molar-refractivity contribution in [1.29, 1.82) is 0 Å². The molecule has 0 aromatic heterocycles. The molecule has 0 aliphatic carbocycles. The van der Waals surface area contributed by atoms with Crippen LogP contribution in [-0.2, 0) is 35.1 Å². The third-order valence-electron chi connectivity index (χ3n) is 5.01. The lowest BCUT2D eigenvalue weighted by Gasteiger charge is -2.44. The summed E-state index contributed by atoms with van der Waals surface area (Å²) < 4.78 is 7.42. The Labute approximate surface area is 204 Å². The first-order chi connectivity index (χ1) is 14.9. The van der Waals surface area contributed by atoms with Gasteiger partial charge in [-0.25, -0.2) is 4.79 Å². The van der Waals surface area contributed by atoms with Crippen LogP contribution in [0, 0.1) is 0 Å². The molecule has 2 amide bonds. The summed E-state index contributed by atoms with van der Waals surface area (Å²) in [4.78, 5) is 50.8. The third kappa shape index (κ3) is 5.62. The van der Waals surface area contributed by atoms with E-state index < -0.39 is 50.4 Å². The maximum absolute atomic E-state index is 12.9. The van der Waals surface area contributed by atoms with Crippen LogP contribution >= 0.6 is 46.6 Å². The molecule has 4 unspecified atom stereocenters. The van der Waals surface area contributed by atoms with Crippen molar-refractivity contribution in [2.24, 2.45) is 0 Å². The van der Waals surface area contributed by atoms with E-state index in [1.54, 1.807) is 6.92 Å². The number of rotatable bonds is 7. The van der Waals surface area contributed by atoms with Gasteiger partial charge in [-0.3, -0.25) is 14.4 Å². The number of hydrogen-bond donors (Lipinski definition) is 1. The fraction of sp³-hybridized carbons (Fsp3) is 0.500. The molecule has 2 saturated heterocycles. The van der Waals surface area contributed by atoms with Crippen LogP contribution in [0.1, 0.15) is 19.4 Å². The van der Waals surface area contributed by atoms with Crippen LogP contribution in [0.4, 0.5) is 0 Å². The van der Waals surface area contributed by atoms with Gasteiger partial charge in [-0.15, -0.1) is 11.8 Å². The molecule has 2 aliphatic rings. The van der Waals surface area contributed by atoms with Crippen LogP contribution in [0.25, 0.3) is 0 Å². The lowest BCUT2D eigenvalue weighted by Crippen LogP contribution is -2.71. The average Bonchev–Trinajstić information content (AvgIpc) is 2.99. The van der Waals surface area contributed by atoms with E-state index in [-0.39, 0.29) is 18.9 Å². The number of hydrogen-bond acceptors (Lipinski definition) is 7. The number of amides is 2. The Morgan fingerprint density at radius 1 is 1.19 bits per heavy atom. The molecule has 8 nitrogen and oxygen atoms in total. The number of halogens is 3.